The van der Waals surface area contributed by atoms with E-state index in [-0.39, 0.29) is 33.7 Å². The Balaban J connectivity index is 1.95. The van der Waals surface area contributed by atoms with Gasteiger partial charge in [0.05, 0.1) is 17.7 Å². The Labute approximate surface area is 166 Å². The zero-order chi connectivity index (χ0) is 20.2. The molecule has 2 heterocycles. The maximum absolute atomic E-state index is 12.7. The van der Waals surface area contributed by atoms with Gasteiger partial charge in [-0.2, -0.15) is 4.98 Å². The topological polar surface area (TPSA) is 85.5 Å². The fourth-order valence-electron chi connectivity index (χ4n) is 3.51. The molecule has 27 heavy (non-hydrogen) atoms. The third kappa shape index (κ3) is 5.66. The number of pyridine rings is 1. The van der Waals surface area contributed by atoms with Gasteiger partial charge in [-0.05, 0) is 44.7 Å². The fourth-order valence-corrected chi connectivity index (χ4v) is 3.66. The van der Waals surface area contributed by atoms with Crippen molar-refractivity contribution in [3.63, 3.8) is 0 Å². The fraction of sp³-hybridized carbons (Fsp3) is 0.650. The Morgan fingerprint density at radius 3 is 2.78 bits per heavy atom. The summed E-state index contributed by atoms with van der Waals surface area (Å²) in [6, 6.07) is 1.54. The number of carbonyl (C=O) groups is 2. The molecule has 0 radical (unpaired) electrons. The molecule has 2 N–H and O–H groups in total. The summed E-state index contributed by atoms with van der Waals surface area (Å²) in [7, 11) is 1.46. The number of rotatable bonds is 8. The number of carbonyl (C=O) groups excluding carboxylic acids is 2. The summed E-state index contributed by atoms with van der Waals surface area (Å²) in [5.41, 5.74) is 5.72. The molecule has 1 aromatic rings. The van der Waals surface area contributed by atoms with Crippen molar-refractivity contribution < 1.29 is 14.3 Å². The molecule has 2 rings (SSSR count). The van der Waals surface area contributed by atoms with Crippen molar-refractivity contribution in [3.05, 3.63) is 16.7 Å². The molecule has 6 nitrogen and oxygen atoms in total. The molecule has 150 valence electrons. The van der Waals surface area contributed by atoms with Gasteiger partial charge in [0, 0.05) is 24.9 Å². The van der Waals surface area contributed by atoms with E-state index in [0.717, 1.165) is 38.9 Å². The molecular formula is C20H30ClN3O3. The number of ketones is 2. The molecule has 0 aromatic carbocycles. The monoisotopic (exact) mass is 395 g/mol. The largest absolute Gasteiger partial charge is 0.480 e. The van der Waals surface area contributed by atoms with Crippen molar-refractivity contribution in [1.29, 1.82) is 0 Å². The lowest BCUT2D eigenvalue weighted by Gasteiger charge is -2.37. The quantitative estimate of drug-likeness (QED) is 0.676. The number of hydrogen-bond donors (Lipinski definition) is 1. The predicted octanol–water partition coefficient (Wildman–Crippen LogP) is 3.62. The smallest absolute Gasteiger partial charge is 0.226 e. The molecule has 1 saturated heterocycles. The highest BCUT2D eigenvalue weighted by Gasteiger charge is 2.30. The van der Waals surface area contributed by atoms with Crippen LogP contribution in [0.2, 0.25) is 5.02 Å². The highest BCUT2D eigenvalue weighted by molar-refractivity contribution is 6.33. The Bertz CT molecular complexity index is 706. The number of aromatic nitrogens is 1. The predicted molar refractivity (Wildman–Crippen MR) is 107 cm³/mol. The third-order valence-electron chi connectivity index (χ3n) is 5.42. The lowest BCUT2D eigenvalue weighted by atomic mass is 9.86. The van der Waals surface area contributed by atoms with E-state index in [1.165, 1.54) is 13.2 Å². The zero-order valence-electron chi connectivity index (χ0n) is 16.7. The standard InChI is InChI=1S/C20H30ClN3O3/c1-13(25)20(2,3)12-24-9-5-6-14(11-24)7-8-17(26)15-10-16(21)18(22)23-19(15)27-4/h10,14H,5-9,11-12H2,1-4H3,(H2,22,23). The highest BCUT2D eigenvalue weighted by Crippen LogP contribution is 2.29. The Morgan fingerprint density at radius 1 is 1.44 bits per heavy atom. The number of piperidine rings is 1. The van der Waals surface area contributed by atoms with Crippen molar-refractivity contribution in [1.82, 2.24) is 9.88 Å². The minimum atomic E-state index is -0.336. The van der Waals surface area contributed by atoms with E-state index in [1.807, 2.05) is 13.8 Å². The molecule has 1 aromatic heterocycles. The second-order valence-electron chi connectivity index (χ2n) is 8.06. The number of nitrogen functional groups attached to an aromatic ring is 1. The number of halogens is 1. The average molecular weight is 396 g/mol. The Kier molecular flexibility index (Phi) is 7.23. The highest BCUT2D eigenvalue weighted by atomic mass is 35.5. The van der Waals surface area contributed by atoms with Crippen LogP contribution in [0, 0.1) is 11.3 Å². The van der Waals surface area contributed by atoms with Crippen LogP contribution in [0.15, 0.2) is 6.07 Å². The maximum Gasteiger partial charge on any atom is 0.226 e. The van der Waals surface area contributed by atoms with Gasteiger partial charge in [0.1, 0.15) is 11.6 Å². The Hall–Kier alpha value is -1.66. The molecule has 0 aliphatic carbocycles. The van der Waals surface area contributed by atoms with E-state index >= 15 is 0 Å². The normalized spacial score (nSPS) is 18.3. The number of nitrogens with two attached hydrogens (primary N) is 1. The summed E-state index contributed by atoms with van der Waals surface area (Å²) in [5.74, 6) is 0.979. The number of hydrogen-bond acceptors (Lipinski definition) is 6. The summed E-state index contributed by atoms with van der Waals surface area (Å²) in [6.07, 6.45) is 3.39. The number of Topliss-reactive ketones (excluding diaryl/α,β-unsaturated/α-hetero) is 2. The maximum atomic E-state index is 12.7. The first-order valence-corrected chi connectivity index (χ1v) is 9.78. The summed E-state index contributed by atoms with van der Waals surface area (Å²) in [6.45, 7) is 8.32. The van der Waals surface area contributed by atoms with Crippen molar-refractivity contribution in [2.24, 2.45) is 11.3 Å². The summed E-state index contributed by atoms with van der Waals surface area (Å²) in [4.78, 5) is 30.8. The van der Waals surface area contributed by atoms with Crippen LogP contribution in [0.3, 0.4) is 0 Å². The minimum Gasteiger partial charge on any atom is -0.480 e. The van der Waals surface area contributed by atoms with E-state index in [2.05, 4.69) is 9.88 Å². The lowest BCUT2D eigenvalue weighted by molar-refractivity contribution is -0.126. The molecule has 7 heteroatoms. The van der Waals surface area contributed by atoms with Crippen molar-refractivity contribution in [3.8, 4) is 5.88 Å². The molecule has 1 unspecified atom stereocenters. The van der Waals surface area contributed by atoms with Gasteiger partial charge in [0.25, 0.3) is 0 Å². The molecule has 0 amide bonds. The van der Waals surface area contributed by atoms with Crippen molar-refractivity contribution in [2.75, 3.05) is 32.5 Å². The van der Waals surface area contributed by atoms with Crippen LogP contribution in [0.1, 0.15) is 56.8 Å². The van der Waals surface area contributed by atoms with E-state index < -0.39 is 0 Å². The van der Waals surface area contributed by atoms with E-state index in [0.29, 0.717) is 17.9 Å². The minimum absolute atomic E-state index is 0.0394. The average Bonchev–Trinajstić information content (AvgIpc) is 2.61. The molecule has 1 aliphatic rings. The molecule has 0 spiro atoms. The van der Waals surface area contributed by atoms with Gasteiger partial charge < -0.3 is 15.4 Å². The first kappa shape index (κ1) is 21.6. The van der Waals surface area contributed by atoms with E-state index in [9.17, 15) is 9.59 Å². The molecule has 1 atom stereocenters. The number of likely N-dealkylation sites (tertiary alicyclic amines) is 1. The summed E-state index contributed by atoms with van der Waals surface area (Å²) in [5, 5.41) is 0.259. The van der Waals surface area contributed by atoms with Crippen LogP contribution >= 0.6 is 11.6 Å². The SMILES string of the molecule is COc1nc(N)c(Cl)cc1C(=O)CCC1CCCN(CC(C)(C)C(C)=O)C1. The molecule has 0 saturated carbocycles. The van der Waals surface area contributed by atoms with E-state index in [4.69, 9.17) is 22.1 Å². The van der Waals surface area contributed by atoms with Crippen LogP contribution in [0.4, 0.5) is 5.82 Å². The number of anilines is 1. The van der Waals surface area contributed by atoms with E-state index in [1.54, 1.807) is 6.92 Å². The van der Waals surface area contributed by atoms with Crippen LogP contribution in [-0.4, -0.2) is 48.2 Å². The van der Waals surface area contributed by atoms with Crippen LogP contribution in [0.25, 0.3) is 0 Å². The van der Waals surface area contributed by atoms with Crippen LogP contribution in [-0.2, 0) is 4.79 Å². The van der Waals surface area contributed by atoms with Crippen molar-refractivity contribution >= 4 is 29.0 Å². The lowest BCUT2D eigenvalue weighted by Crippen LogP contribution is -2.43. The molecule has 0 bridgehead atoms. The number of ether oxygens (including phenoxy) is 1. The third-order valence-corrected chi connectivity index (χ3v) is 5.72. The molecule has 1 fully saturated rings. The van der Waals surface area contributed by atoms with Gasteiger partial charge in [-0.1, -0.05) is 25.4 Å². The van der Waals surface area contributed by atoms with Gasteiger partial charge in [-0.3, -0.25) is 9.59 Å². The van der Waals surface area contributed by atoms with Crippen molar-refractivity contribution in [2.45, 2.75) is 46.5 Å². The van der Waals surface area contributed by atoms with Crippen LogP contribution < -0.4 is 10.5 Å². The number of methoxy groups -OCH3 is 1. The summed E-state index contributed by atoms with van der Waals surface area (Å²) >= 11 is 6.01. The second kappa shape index (κ2) is 9.02. The first-order valence-electron chi connectivity index (χ1n) is 9.40. The van der Waals surface area contributed by atoms with Crippen LogP contribution in [0.5, 0.6) is 5.88 Å². The van der Waals surface area contributed by atoms with Gasteiger partial charge in [0.2, 0.25) is 5.88 Å². The Morgan fingerprint density at radius 2 is 2.15 bits per heavy atom. The van der Waals surface area contributed by atoms with Gasteiger partial charge in [0.15, 0.2) is 5.78 Å². The van der Waals surface area contributed by atoms with Gasteiger partial charge in [-0.25, -0.2) is 0 Å². The van der Waals surface area contributed by atoms with Gasteiger partial charge >= 0.3 is 0 Å². The van der Waals surface area contributed by atoms with Gasteiger partial charge in [-0.15, -0.1) is 0 Å². The first-order chi connectivity index (χ1) is 12.6. The molecule has 1 aliphatic heterocycles. The zero-order valence-corrected chi connectivity index (χ0v) is 17.4. The summed E-state index contributed by atoms with van der Waals surface area (Å²) < 4.78 is 5.18. The second-order valence-corrected chi connectivity index (χ2v) is 8.46. The molecular weight excluding hydrogens is 366 g/mol. The number of nitrogens with zero attached hydrogens (tertiary/aromatic N) is 2.